The van der Waals surface area contributed by atoms with Gasteiger partial charge in [0.2, 0.25) is 0 Å². The van der Waals surface area contributed by atoms with E-state index in [-0.39, 0.29) is 29.4 Å². The minimum absolute atomic E-state index is 0. The first kappa shape index (κ1) is 25.0. The highest BCUT2D eigenvalue weighted by Gasteiger charge is 2.33. The van der Waals surface area contributed by atoms with Gasteiger partial charge in [0, 0.05) is 39.3 Å². The second-order valence-corrected chi connectivity index (χ2v) is 8.35. The molecular weight excluding hydrogens is 465 g/mol. The molecule has 1 aromatic carbocycles. The van der Waals surface area contributed by atoms with Gasteiger partial charge in [0.25, 0.3) is 0 Å². The van der Waals surface area contributed by atoms with Gasteiger partial charge >= 0.3 is 0 Å². The SMILES string of the molecule is CN=C(NCC1(CCOC)CCCC1)NCC(C)(C)c1cccc(OC)c1.I. The van der Waals surface area contributed by atoms with E-state index in [1.807, 2.05) is 19.2 Å². The van der Waals surface area contributed by atoms with E-state index in [1.54, 1.807) is 14.2 Å². The summed E-state index contributed by atoms with van der Waals surface area (Å²) in [5.41, 5.74) is 1.56. The number of hydrogen-bond acceptors (Lipinski definition) is 3. The number of halogens is 1. The van der Waals surface area contributed by atoms with Gasteiger partial charge in [-0.15, -0.1) is 24.0 Å². The smallest absolute Gasteiger partial charge is 0.191 e. The third kappa shape index (κ3) is 7.10. The van der Waals surface area contributed by atoms with Crippen LogP contribution in [0.15, 0.2) is 29.3 Å². The monoisotopic (exact) mass is 503 g/mol. The molecule has 0 unspecified atom stereocenters. The fraction of sp³-hybridized carbons (Fsp3) is 0.682. The predicted octanol–water partition coefficient (Wildman–Crippen LogP) is 4.35. The summed E-state index contributed by atoms with van der Waals surface area (Å²) in [5, 5.41) is 7.08. The number of methoxy groups -OCH3 is 2. The molecule has 28 heavy (non-hydrogen) atoms. The van der Waals surface area contributed by atoms with Crippen LogP contribution in [0.5, 0.6) is 5.75 Å². The van der Waals surface area contributed by atoms with Gasteiger partial charge in [-0.05, 0) is 42.4 Å². The molecule has 0 radical (unpaired) electrons. The molecule has 2 rings (SSSR count). The summed E-state index contributed by atoms with van der Waals surface area (Å²) < 4.78 is 10.7. The highest BCUT2D eigenvalue weighted by atomic mass is 127. The third-order valence-corrected chi connectivity index (χ3v) is 5.90. The Bertz CT molecular complexity index is 614. The van der Waals surface area contributed by atoms with Gasteiger partial charge < -0.3 is 20.1 Å². The average molecular weight is 503 g/mol. The molecule has 160 valence electrons. The average Bonchev–Trinajstić information content (AvgIpc) is 3.15. The van der Waals surface area contributed by atoms with E-state index in [1.165, 1.54) is 31.2 Å². The predicted molar refractivity (Wildman–Crippen MR) is 128 cm³/mol. The Morgan fingerprint density at radius 2 is 1.89 bits per heavy atom. The van der Waals surface area contributed by atoms with Gasteiger partial charge in [0.15, 0.2) is 5.96 Å². The molecule has 1 fully saturated rings. The number of aliphatic imine (C=N–C) groups is 1. The molecule has 0 spiro atoms. The van der Waals surface area contributed by atoms with E-state index in [0.29, 0.717) is 5.41 Å². The molecule has 0 atom stereocenters. The fourth-order valence-corrected chi connectivity index (χ4v) is 3.90. The maximum absolute atomic E-state index is 5.37. The van der Waals surface area contributed by atoms with Crippen LogP contribution in [0, 0.1) is 5.41 Å². The lowest BCUT2D eigenvalue weighted by Crippen LogP contribution is -2.46. The van der Waals surface area contributed by atoms with Crippen LogP contribution in [0.3, 0.4) is 0 Å². The van der Waals surface area contributed by atoms with Crippen molar-refractivity contribution in [2.24, 2.45) is 10.4 Å². The first-order valence-electron chi connectivity index (χ1n) is 10.0. The Hall–Kier alpha value is -1.02. The van der Waals surface area contributed by atoms with Crippen molar-refractivity contribution < 1.29 is 9.47 Å². The molecule has 1 saturated carbocycles. The Morgan fingerprint density at radius 1 is 1.18 bits per heavy atom. The molecule has 2 N–H and O–H groups in total. The minimum Gasteiger partial charge on any atom is -0.497 e. The topological polar surface area (TPSA) is 54.9 Å². The van der Waals surface area contributed by atoms with Crippen LogP contribution in [0.4, 0.5) is 0 Å². The maximum atomic E-state index is 5.37. The van der Waals surface area contributed by atoms with E-state index in [9.17, 15) is 0 Å². The zero-order valence-corrected chi connectivity index (χ0v) is 20.5. The van der Waals surface area contributed by atoms with Crippen LogP contribution in [0.25, 0.3) is 0 Å². The summed E-state index contributed by atoms with van der Waals surface area (Å²) in [6.07, 6.45) is 6.30. The Labute approximate surface area is 188 Å². The number of nitrogens with zero attached hydrogens (tertiary/aromatic N) is 1. The van der Waals surface area contributed by atoms with Crippen LogP contribution in [-0.4, -0.2) is 46.9 Å². The number of rotatable bonds is 9. The normalized spacial score (nSPS) is 16.4. The highest BCUT2D eigenvalue weighted by Crippen LogP contribution is 2.40. The minimum atomic E-state index is -0.0345. The molecule has 0 aromatic heterocycles. The van der Waals surface area contributed by atoms with Gasteiger partial charge in [0.1, 0.15) is 5.75 Å². The van der Waals surface area contributed by atoms with E-state index < -0.39 is 0 Å². The quantitative estimate of drug-likeness (QED) is 0.299. The summed E-state index contributed by atoms with van der Waals surface area (Å²) in [5.74, 6) is 1.76. The van der Waals surface area contributed by atoms with E-state index in [0.717, 1.165) is 37.8 Å². The Morgan fingerprint density at radius 3 is 2.50 bits per heavy atom. The molecule has 1 aliphatic rings. The first-order valence-corrected chi connectivity index (χ1v) is 10.0. The zero-order valence-electron chi connectivity index (χ0n) is 18.1. The largest absolute Gasteiger partial charge is 0.497 e. The molecule has 1 aliphatic carbocycles. The van der Waals surface area contributed by atoms with Crippen molar-refractivity contribution in [1.82, 2.24) is 10.6 Å². The van der Waals surface area contributed by atoms with Crippen LogP contribution in [0.1, 0.15) is 51.5 Å². The summed E-state index contributed by atoms with van der Waals surface area (Å²) in [4.78, 5) is 4.43. The van der Waals surface area contributed by atoms with E-state index in [4.69, 9.17) is 9.47 Å². The molecule has 6 heteroatoms. The van der Waals surface area contributed by atoms with E-state index in [2.05, 4.69) is 41.6 Å². The number of ether oxygens (including phenoxy) is 2. The van der Waals surface area contributed by atoms with Gasteiger partial charge in [-0.3, -0.25) is 4.99 Å². The second kappa shape index (κ2) is 11.9. The van der Waals surface area contributed by atoms with Crippen molar-refractivity contribution in [3.63, 3.8) is 0 Å². The van der Waals surface area contributed by atoms with Gasteiger partial charge in [-0.2, -0.15) is 0 Å². The molecule has 0 saturated heterocycles. The first-order chi connectivity index (χ1) is 12.9. The fourth-order valence-electron chi connectivity index (χ4n) is 3.90. The van der Waals surface area contributed by atoms with Gasteiger partial charge in [0.05, 0.1) is 7.11 Å². The summed E-state index contributed by atoms with van der Waals surface area (Å²) in [7, 11) is 5.33. The lowest BCUT2D eigenvalue weighted by Gasteiger charge is -2.31. The van der Waals surface area contributed by atoms with Crippen LogP contribution in [0.2, 0.25) is 0 Å². The van der Waals surface area contributed by atoms with Crippen molar-refractivity contribution >= 4 is 29.9 Å². The number of nitrogens with one attached hydrogen (secondary N) is 2. The second-order valence-electron chi connectivity index (χ2n) is 8.35. The lowest BCUT2D eigenvalue weighted by molar-refractivity contribution is 0.138. The highest BCUT2D eigenvalue weighted by molar-refractivity contribution is 14.0. The van der Waals surface area contributed by atoms with Crippen molar-refractivity contribution in [3.8, 4) is 5.75 Å². The number of hydrogen-bond donors (Lipinski definition) is 2. The molecule has 0 aliphatic heterocycles. The standard InChI is InChI=1S/C22H37N3O2.HI/c1-21(2,18-9-8-10-19(15-18)27-5)16-24-20(23-3)25-17-22(13-14-26-4)11-6-7-12-22;/h8-10,15H,6-7,11-14,16-17H2,1-5H3,(H2,23,24,25);1H. The molecule has 0 amide bonds. The molecule has 0 heterocycles. The zero-order chi connectivity index (χ0) is 19.8. The third-order valence-electron chi connectivity index (χ3n) is 5.90. The summed E-state index contributed by atoms with van der Waals surface area (Å²) >= 11 is 0. The van der Waals surface area contributed by atoms with Gasteiger partial charge in [-0.1, -0.05) is 38.8 Å². The van der Waals surface area contributed by atoms with Crippen molar-refractivity contribution in [1.29, 1.82) is 0 Å². The maximum Gasteiger partial charge on any atom is 0.191 e. The molecule has 0 bridgehead atoms. The van der Waals surface area contributed by atoms with Crippen LogP contribution >= 0.6 is 24.0 Å². The summed E-state index contributed by atoms with van der Waals surface area (Å²) in [6, 6.07) is 8.28. The Kier molecular flexibility index (Phi) is 10.6. The molecule has 5 nitrogen and oxygen atoms in total. The van der Waals surface area contributed by atoms with Crippen LogP contribution in [-0.2, 0) is 10.2 Å². The van der Waals surface area contributed by atoms with Gasteiger partial charge in [-0.25, -0.2) is 0 Å². The van der Waals surface area contributed by atoms with Crippen molar-refractivity contribution in [2.45, 2.75) is 51.4 Å². The molecular formula is C22H38IN3O2. The van der Waals surface area contributed by atoms with Crippen LogP contribution < -0.4 is 15.4 Å². The number of benzene rings is 1. The Balaban J connectivity index is 0.00000392. The molecule has 1 aromatic rings. The van der Waals surface area contributed by atoms with E-state index >= 15 is 0 Å². The number of guanidine groups is 1. The van der Waals surface area contributed by atoms with Crippen molar-refractivity contribution in [2.75, 3.05) is 41.0 Å². The lowest BCUT2D eigenvalue weighted by atomic mass is 9.83. The van der Waals surface area contributed by atoms with Crippen molar-refractivity contribution in [3.05, 3.63) is 29.8 Å². The summed E-state index contributed by atoms with van der Waals surface area (Å²) in [6.45, 7) is 7.05.